The van der Waals surface area contributed by atoms with Crippen LogP contribution in [0.25, 0.3) is 5.57 Å². The average molecular weight is 453 g/mol. The van der Waals surface area contributed by atoms with Gasteiger partial charge in [0.25, 0.3) is 11.8 Å². The molecule has 1 aliphatic carbocycles. The lowest BCUT2D eigenvalue weighted by Crippen LogP contribution is -2.41. The van der Waals surface area contributed by atoms with Crippen LogP contribution >= 0.6 is 0 Å². The summed E-state index contributed by atoms with van der Waals surface area (Å²) in [5.41, 5.74) is 6.13. The number of nitrogens with zero attached hydrogens (tertiary/aromatic N) is 2. The van der Waals surface area contributed by atoms with E-state index in [1.165, 1.54) is 24.3 Å². The number of amides is 1. The Balaban J connectivity index is 1.68. The minimum atomic E-state index is -3.57. The molecule has 1 amide bonds. The maximum atomic E-state index is 15.2. The highest BCUT2D eigenvalue weighted by molar-refractivity contribution is 5.98. The van der Waals surface area contributed by atoms with Gasteiger partial charge in [-0.3, -0.25) is 4.79 Å². The van der Waals surface area contributed by atoms with Crippen LogP contribution in [0.15, 0.2) is 78.8 Å². The molecule has 1 heterocycles. The van der Waals surface area contributed by atoms with Gasteiger partial charge in [0.1, 0.15) is 29.0 Å². The van der Waals surface area contributed by atoms with Crippen molar-refractivity contribution in [2.75, 3.05) is 10.6 Å². The predicted octanol–water partition coefficient (Wildman–Crippen LogP) is 4.39. The van der Waals surface area contributed by atoms with Gasteiger partial charge in [-0.25, -0.2) is 9.37 Å². The van der Waals surface area contributed by atoms with Gasteiger partial charge < -0.3 is 21.5 Å². The van der Waals surface area contributed by atoms with Gasteiger partial charge in [0.2, 0.25) is 5.95 Å². The van der Waals surface area contributed by atoms with Crippen molar-refractivity contribution in [3.05, 3.63) is 89.9 Å². The maximum absolute atomic E-state index is 15.2. The van der Waals surface area contributed by atoms with Gasteiger partial charge in [0, 0.05) is 17.5 Å². The number of hydrogen-bond acceptors (Lipinski definition) is 6. The Morgan fingerprint density at radius 3 is 2.45 bits per heavy atom. The molecule has 1 atom stereocenters. The van der Waals surface area contributed by atoms with Gasteiger partial charge in [0.15, 0.2) is 0 Å². The molecule has 7 nitrogen and oxygen atoms in total. The molecule has 10 heteroatoms. The number of hydrogen-bond donors (Lipinski definition) is 4. The van der Waals surface area contributed by atoms with Gasteiger partial charge in [-0.2, -0.15) is 13.8 Å². The third kappa shape index (κ3) is 4.64. The molecule has 0 aliphatic heterocycles. The number of phenols is 1. The van der Waals surface area contributed by atoms with Crippen molar-refractivity contribution in [1.29, 1.82) is 0 Å². The van der Waals surface area contributed by atoms with Gasteiger partial charge in [0.05, 0.1) is 0 Å². The number of benzene rings is 2. The number of carbonyl (C=O) groups is 1. The number of carbonyl (C=O) groups excluding carboxylic acids is 1. The van der Waals surface area contributed by atoms with E-state index in [-0.39, 0.29) is 28.7 Å². The number of nitrogens with two attached hydrogens (primary N) is 1. The van der Waals surface area contributed by atoms with Gasteiger partial charge in [-0.05, 0) is 42.0 Å². The summed E-state index contributed by atoms with van der Waals surface area (Å²) in [6.07, 6.45) is 2.71. The molecule has 0 spiro atoms. The van der Waals surface area contributed by atoms with Crippen LogP contribution < -0.4 is 16.4 Å². The molecule has 2 aromatic carbocycles. The SMILES string of the molecule is NC(=O)c1cnc(NC2C(F)=C(c3ccccc3)C=CC2(F)F)nc1Nc1ccc(O)cc1. The lowest BCUT2D eigenvalue weighted by Gasteiger charge is -2.28. The van der Waals surface area contributed by atoms with Crippen LogP contribution in [0.2, 0.25) is 0 Å². The zero-order chi connectivity index (χ0) is 23.6. The van der Waals surface area contributed by atoms with E-state index >= 15 is 4.39 Å². The molecule has 1 aliphatic rings. The number of phenolic OH excluding ortho intramolecular Hbond substituents is 1. The fourth-order valence-electron chi connectivity index (χ4n) is 3.24. The van der Waals surface area contributed by atoms with Crippen LogP contribution in [-0.2, 0) is 0 Å². The molecule has 4 rings (SSSR count). The highest BCUT2D eigenvalue weighted by atomic mass is 19.3. The number of primary amides is 1. The number of allylic oxidation sites excluding steroid dienone is 2. The van der Waals surface area contributed by atoms with E-state index in [4.69, 9.17) is 5.73 Å². The third-order valence-corrected chi connectivity index (χ3v) is 4.91. The molecule has 1 unspecified atom stereocenters. The summed E-state index contributed by atoms with van der Waals surface area (Å²) in [4.78, 5) is 19.7. The fraction of sp³-hybridized carbons (Fsp3) is 0.0870. The second kappa shape index (κ2) is 8.65. The first-order valence-electron chi connectivity index (χ1n) is 9.76. The Morgan fingerprint density at radius 2 is 1.79 bits per heavy atom. The zero-order valence-electron chi connectivity index (χ0n) is 17.0. The summed E-state index contributed by atoms with van der Waals surface area (Å²) in [6, 6.07) is 12.0. The Labute approximate surface area is 186 Å². The van der Waals surface area contributed by atoms with E-state index in [9.17, 15) is 18.7 Å². The molecular weight excluding hydrogens is 435 g/mol. The molecule has 168 valence electrons. The lowest BCUT2D eigenvalue weighted by molar-refractivity contribution is 0.0369. The van der Waals surface area contributed by atoms with E-state index < -0.39 is 23.7 Å². The van der Waals surface area contributed by atoms with Gasteiger partial charge in [-0.1, -0.05) is 30.3 Å². The molecule has 5 N–H and O–H groups in total. The highest BCUT2D eigenvalue weighted by Crippen LogP contribution is 2.38. The van der Waals surface area contributed by atoms with Crippen molar-refractivity contribution in [2.45, 2.75) is 12.0 Å². The number of anilines is 3. The maximum Gasteiger partial charge on any atom is 0.293 e. The Hall–Kier alpha value is -4.34. The Morgan fingerprint density at radius 1 is 1.09 bits per heavy atom. The molecular formula is C23H18F3N5O2. The summed E-state index contributed by atoms with van der Waals surface area (Å²) >= 11 is 0. The molecule has 0 radical (unpaired) electrons. The highest BCUT2D eigenvalue weighted by Gasteiger charge is 2.44. The van der Waals surface area contributed by atoms with Crippen molar-refractivity contribution in [1.82, 2.24) is 9.97 Å². The van der Waals surface area contributed by atoms with Crippen LogP contribution in [0.3, 0.4) is 0 Å². The zero-order valence-corrected chi connectivity index (χ0v) is 17.0. The quantitative estimate of drug-likeness (QED) is 0.412. The van der Waals surface area contributed by atoms with Crippen LogP contribution in [0, 0.1) is 0 Å². The fourth-order valence-corrected chi connectivity index (χ4v) is 3.24. The van der Waals surface area contributed by atoms with E-state index in [1.54, 1.807) is 30.3 Å². The molecule has 0 saturated carbocycles. The van der Waals surface area contributed by atoms with Crippen molar-refractivity contribution in [3.8, 4) is 5.75 Å². The second-order valence-electron chi connectivity index (χ2n) is 7.20. The first-order chi connectivity index (χ1) is 15.7. The summed E-state index contributed by atoms with van der Waals surface area (Å²) in [5.74, 6) is -5.91. The summed E-state index contributed by atoms with van der Waals surface area (Å²) in [5, 5.41) is 14.6. The van der Waals surface area contributed by atoms with Crippen LogP contribution in [-0.4, -0.2) is 32.9 Å². The normalized spacial score (nSPS) is 17.0. The molecule has 33 heavy (non-hydrogen) atoms. The van der Waals surface area contributed by atoms with E-state index in [0.717, 1.165) is 12.3 Å². The van der Waals surface area contributed by atoms with Crippen LogP contribution in [0.1, 0.15) is 15.9 Å². The van der Waals surface area contributed by atoms with Crippen molar-refractivity contribution in [3.63, 3.8) is 0 Å². The number of rotatable bonds is 6. The minimum absolute atomic E-state index is 0.00947. The largest absolute Gasteiger partial charge is 0.508 e. The molecule has 0 fully saturated rings. The number of alkyl halides is 2. The van der Waals surface area contributed by atoms with Crippen LogP contribution in [0.5, 0.6) is 5.75 Å². The Kier molecular flexibility index (Phi) is 5.74. The van der Waals surface area contributed by atoms with Gasteiger partial charge in [-0.15, -0.1) is 0 Å². The van der Waals surface area contributed by atoms with E-state index in [2.05, 4.69) is 20.6 Å². The minimum Gasteiger partial charge on any atom is -0.508 e. The molecule has 0 saturated heterocycles. The average Bonchev–Trinajstić information content (AvgIpc) is 2.79. The lowest BCUT2D eigenvalue weighted by atomic mass is 9.93. The summed E-state index contributed by atoms with van der Waals surface area (Å²) in [6.45, 7) is 0. The number of nitrogens with one attached hydrogen (secondary N) is 2. The smallest absolute Gasteiger partial charge is 0.293 e. The molecule has 1 aromatic heterocycles. The van der Waals surface area contributed by atoms with Crippen molar-refractivity contribution in [2.24, 2.45) is 5.73 Å². The monoisotopic (exact) mass is 453 g/mol. The number of aromatic hydroxyl groups is 1. The van der Waals surface area contributed by atoms with Crippen molar-refractivity contribution >= 4 is 28.9 Å². The van der Waals surface area contributed by atoms with Gasteiger partial charge >= 0.3 is 0 Å². The second-order valence-corrected chi connectivity index (χ2v) is 7.20. The molecule has 3 aromatic rings. The number of halogens is 3. The third-order valence-electron chi connectivity index (χ3n) is 4.91. The summed E-state index contributed by atoms with van der Waals surface area (Å²) in [7, 11) is 0. The van der Waals surface area contributed by atoms with Crippen molar-refractivity contribution < 1.29 is 23.1 Å². The first kappa shape index (κ1) is 21.9. The predicted molar refractivity (Wildman–Crippen MR) is 118 cm³/mol. The molecule has 0 bridgehead atoms. The van der Waals surface area contributed by atoms with Crippen LogP contribution in [0.4, 0.5) is 30.6 Å². The van der Waals surface area contributed by atoms with E-state index in [1.807, 2.05) is 0 Å². The standard InChI is InChI=1S/C23H18F3N5O2/c24-18-16(13-4-2-1-3-5-13)10-11-23(25,26)19(18)30-22-28-12-17(20(27)33)21(31-22)29-14-6-8-15(32)9-7-14/h1-12,19,32H,(H2,27,33)(H2,28,29,30,31). The summed E-state index contributed by atoms with van der Waals surface area (Å²) < 4.78 is 44.4. The number of aromatic nitrogens is 2. The topological polar surface area (TPSA) is 113 Å². The van der Waals surface area contributed by atoms with E-state index in [0.29, 0.717) is 17.3 Å². The Bertz CT molecular complexity index is 1240. The first-order valence-corrected chi connectivity index (χ1v) is 9.76.